The summed E-state index contributed by atoms with van der Waals surface area (Å²) in [6, 6.07) is 3.17. The molecule has 0 aliphatic heterocycles. The van der Waals surface area contributed by atoms with Crippen molar-refractivity contribution in [3.63, 3.8) is 0 Å². The van der Waals surface area contributed by atoms with Crippen LogP contribution in [0.5, 0.6) is 0 Å². The summed E-state index contributed by atoms with van der Waals surface area (Å²) < 4.78 is 12.6. The number of nitrogens with zero attached hydrogens (tertiary/aromatic N) is 1. The predicted molar refractivity (Wildman–Crippen MR) is 44.6 cm³/mol. The normalized spacial score (nSPS) is 9.70. The van der Waals surface area contributed by atoms with E-state index in [0.717, 1.165) is 12.0 Å². The summed E-state index contributed by atoms with van der Waals surface area (Å²) in [5, 5.41) is 0. The Bertz CT molecular complexity index is 239. The van der Waals surface area contributed by atoms with E-state index in [0.29, 0.717) is 5.59 Å². The minimum atomic E-state index is -0.225. The Labute approximate surface area is 61.5 Å². The molecule has 0 saturated heterocycles. The number of aromatic nitrogens is 1. The molecular weight excluding hydrogens is 127 g/mol. The van der Waals surface area contributed by atoms with Gasteiger partial charge in [0, 0.05) is 11.3 Å². The number of hydrogen-bond acceptors (Lipinski definition) is 1. The van der Waals surface area contributed by atoms with Gasteiger partial charge in [0.1, 0.15) is 13.7 Å². The van der Waals surface area contributed by atoms with Gasteiger partial charge in [0.05, 0.1) is 0 Å². The average molecular weight is 135 g/mol. The first kappa shape index (κ1) is 7.32. The number of rotatable bonds is 1. The summed E-state index contributed by atoms with van der Waals surface area (Å²) in [4.78, 5) is 4.02. The van der Waals surface area contributed by atoms with E-state index in [9.17, 15) is 4.39 Å². The van der Waals surface area contributed by atoms with E-state index in [2.05, 4.69) is 4.98 Å². The maximum Gasteiger partial charge on any atom is 0.167 e. The molecule has 0 atom stereocenters. The zero-order valence-corrected chi connectivity index (χ0v) is 6.19. The molecule has 1 aromatic heterocycles. The second-order valence-electron chi connectivity index (χ2n) is 2.22. The van der Waals surface area contributed by atoms with Gasteiger partial charge in [-0.05, 0) is 18.5 Å². The Morgan fingerprint density at radius 1 is 1.50 bits per heavy atom. The first-order valence-electron chi connectivity index (χ1n) is 3.36. The van der Waals surface area contributed by atoms with E-state index in [1.165, 1.54) is 6.07 Å². The molecule has 0 unspecified atom stereocenters. The fourth-order valence-corrected chi connectivity index (χ4v) is 0.793. The third kappa shape index (κ3) is 1.38. The van der Waals surface area contributed by atoms with Crippen molar-refractivity contribution in [1.29, 1.82) is 0 Å². The summed E-state index contributed by atoms with van der Waals surface area (Å²) in [6.07, 6.45) is 0.862. The van der Waals surface area contributed by atoms with Gasteiger partial charge >= 0.3 is 0 Å². The lowest BCUT2D eigenvalue weighted by Gasteiger charge is -1.97. The Balaban J connectivity index is 3.04. The van der Waals surface area contributed by atoms with Crippen molar-refractivity contribution in [1.82, 2.24) is 4.98 Å². The van der Waals surface area contributed by atoms with Gasteiger partial charge in [-0.1, -0.05) is 0 Å². The lowest BCUT2D eigenvalue weighted by Crippen LogP contribution is -2.15. The van der Waals surface area contributed by atoms with Crippen LogP contribution in [-0.2, 0) is 6.32 Å². The highest BCUT2D eigenvalue weighted by molar-refractivity contribution is 6.30. The zero-order valence-electron chi connectivity index (χ0n) is 6.19. The van der Waals surface area contributed by atoms with Crippen molar-refractivity contribution in [2.45, 2.75) is 6.32 Å². The van der Waals surface area contributed by atoms with Crippen LogP contribution < -0.4 is 5.59 Å². The molecule has 0 bridgehead atoms. The average Bonchev–Trinajstić information content (AvgIpc) is 1.95. The minimum Gasteiger partial charge on any atom is -0.266 e. The van der Waals surface area contributed by atoms with Gasteiger partial charge in [-0.2, -0.15) is 0 Å². The van der Waals surface area contributed by atoms with Crippen LogP contribution in [0.25, 0.3) is 0 Å². The van der Waals surface area contributed by atoms with Gasteiger partial charge in [-0.3, -0.25) is 4.98 Å². The lowest BCUT2D eigenvalue weighted by molar-refractivity contribution is 0.630. The molecule has 0 radical (unpaired) electrons. The molecule has 1 heterocycles. The van der Waals surface area contributed by atoms with Gasteiger partial charge in [0.15, 0.2) is 7.85 Å². The molecule has 50 valence electrons. The van der Waals surface area contributed by atoms with Crippen molar-refractivity contribution >= 4 is 21.3 Å². The van der Waals surface area contributed by atoms with E-state index >= 15 is 0 Å². The van der Waals surface area contributed by atoms with E-state index < -0.39 is 0 Å². The largest absolute Gasteiger partial charge is 0.266 e. The molecule has 0 amide bonds. The molecular formula is C6H8B2FN. The Morgan fingerprint density at radius 3 is 2.70 bits per heavy atom. The predicted octanol–water partition coefficient (Wildman–Crippen LogP) is -1.39. The molecule has 0 saturated carbocycles. The monoisotopic (exact) mass is 135 g/mol. The number of halogens is 1. The van der Waals surface area contributed by atoms with Crippen molar-refractivity contribution < 1.29 is 4.39 Å². The fraction of sp³-hybridized carbons (Fsp3) is 0.167. The fourth-order valence-electron chi connectivity index (χ4n) is 0.793. The van der Waals surface area contributed by atoms with Gasteiger partial charge < -0.3 is 0 Å². The summed E-state index contributed by atoms with van der Waals surface area (Å²) in [7, 11) is 3.67. The lowest BCUT2D eigenvalue weighted by atomic mass is 9.98. The van der Waals surface area contributed by atoms with Crippen LogP contribution in [0.3, 0.4) is 0 Å². The quantitative estimate of drug-likeness (QED) is 0.432. The van der Waals surface area contributed by atoms with E-state index in [1.807, 2.05) is 7.85 Å². The Kier molecular flexibility index (Phi) is 2.10. The van der Waals surface area contributed by atoms with Crippen LogP contribution >= 0.6 is 0 Å². The molecule has 0 fully saturated rings. The highest BCUT2D eigenvalue weighted by Gasteiger charge is 1.97. The number of hydrogen-bond donors (Lipinski definition) is 0. The molecule has 1 nitrogen and oxygen atoms in total. The van der Waals surface area contributed by atoms with Crippen LogP contribution in [0.1, 0.15) is 5.69 Å². The van der Waals surface area contributed by atoms with Crippen LogP contribution in [0.2, 0.25) is 0 Å². The standard InChI is InChI=1S/C6H8B2FN/c7-3-4-1-2-5(9)6(8)10-4/h1-2H,3,7-8H2. The SMILES string of the molecule is BCc1ccc(F)c(B)n1. The molecule has 0 aliphatic carbocycles. The summed E-state index contributed by atoms with van der Waals surface area (Å²) in [5.74, 6) is -0.225. The molecule has 1 aromatic rings. The summed E-state index contributed by atoms with van der Waals surface area (Å²) >= 11 is 0. The molecule has 1 rings (SSSR count). The van der Waals surface area contributed by atoms with Crippen LogP contribution in [0.15, 0.2) is 12.1 Å². The van der Waals surface area contributed by atoms with Crippen molar-refractivity contribution in [2.75, 3.05) is 0 Å². The third-order valence-corrected chi connectivity index (χ3v) is 1.44. The highest BCUT2D eigenvalue weighted by atomic mass is 19.1. The molecule has 0 aromatic carbocycles. The minimum absolute atomic E-state index is 0.225. The maximum absolute atomic E-state index is 12.6. The molecule has 0 N–H and O–H groups in total. The van der Waals surface area contributed by atoms with Crippen LogP contribution in [-0.4, -0.2) is 20.7 Å². The van der Waals surface area contributed by atoms with E-state index in [1.54, 1.807) is 13.9 Å². The van der Waals surface area contributed by atoms with Crippen molar-refractivity contribution in [3.8, 4) is 0 Å². The van der Waals surface area contributed by atoms with E-state index in [4.69, 9.17) is 0 Å². The number of pyridine rings is 1. The van der Waals surface area contributed by atoms with Gasteiger partial charge in [-0.15, -0.1) is 0 Å². The van der Waals surface area contributed by atoms with Gasteiger partial charge in [0.25, 0.3) is 0 Å². The second-order valence-corrected chi connectivity index (χ2v) is 2.22. The van der Waals surface area contributed by atoms with Gasteiger partial charge in [-0.25, -0.2) is 4.39 Å². The highest BCUT2D eigenvalue weighted by Crippen LogP contribution is 1.93. The van der Waals surface area contributed by atoms with Crippen molar-refractivity contribution in [2.24, 2.45) is 0 Å². The first-order valence-corrected chi connectivity index (χ1v) is 3.36. The van der Waals surface area contributed by atoms with Crippen LogP contribution in [0.4, 0.5) is 4.39 Å². The van der Waals surface area contributed by atoms with Gasteiger partial charge in [0.2, 0.25) is 0 Å². The smallest absolute Gasteiger partial charge is 0.167 e. The summed E-state index contributed by atoms with van der Waals surface area (Å²) in [5.41, 5.74) is 1.43. The summed E-state index contributed by atoms with van der Waals surface area (Å²) in [6.45, 7) is 0. The van der Waals surface area contributed by atoms with Crippen molar-refractivity contribution in [3.05, 3.63) is 23.6 Å². The second kappa shape index (κ2) is 2.86. The maximum atomic E-state index is 12.6. The molecule has 0 spiro atoms. The zero-order chi connectivity index (χ0) is 7.56. The topological polar surface area (TPSA) is 12.9 Å². The molecule has 4 heteroatoms. The Hall–Kier alpha value is -0.790. The van der Waals surface area contributed by atoms with E-state index in [-0.39, 0.29) is 5.82 Å². The Morgan fingerprint density at radius 2 is 2.20 bits per heavy atom. The molecule has 0 aliphatic rings. The molecule has 10 heavy (non-hydrogen) atoms. The third-order valence-electron chi connectivity index (χ3n) is 1.44. The first-order chi connectivity index (χ1) is 4.74. The van der Waals surface area contributed by atoms with Crippen LogP contribution in [0, 0.1) is 5.82 Å².